The zero-order chi connectivity index (χ0) is 15.1. The first kappa shape index (κ1) is 16.0. The minimum Gasteiger partial charge on any atom is -0.325 e. The van der Waals surface area contributed by atoms with Crippen LogP contribution in [-0.4, -0.2) is 43.0 Å². The van der Waals surface area contributed by atoms with Crippen LogP contribution in [-0.2, 0) is 4.79 Å². The van der Waals surface area contributed by atoms with Gasteiger partial charge in [0.25, 0.3) is 0 Å². The van der Waals surface area contributed by atoms with Crippen molar-refractivity contribution in [3.05, 3.63) is 30.3 Å². The molecule has 0 saturated carbocycles. The fourth-order valence-electron chi connectivity index (χ4n) is 2.93. The summed E-state index contributed by atoms with van der Waals surface area (Å²) in [6.07, 6.45) is 2.30. The molecule has 21 heavy (non-hydrogen) atoms. The number of piperidine rings is 1. The van der Waals surface area contributed by atoms with E-state index in [9.17, 15) is 4.79 Å². The zero-order valence-electron chi connectivity index (χ0n) is 13.1. The number of nitrogens with zero attached hydrogens (tertiary/aromatic N) is 1. The Labute approximate surface area is 127 Å². The minimum absolute atomic E-state index is 0.0772. The molecule has 0 aliphatic carbocycles. The van der Waals surface area contributed by atoms with Crippen LogP contribution < -0.4 is 10.6 Å². The minimum atomic E-state index is 0.0772. The summed E-state index contributed by atoms with van der Waals surface area (Å²) in [5.74, 6) is 0.670. The molecular weight excluding hydrogens is 262 g/mol. The van der Waals surface area contributed by atoms with Crippen molar-refractivity contribution in [2.24, 2.45) is 5.92 Å². The van der Waals surface area contributed by atoms with Crippen LogP contribution in [0.2, 0.25) is 0 Å². The van der Waals surface area contributed by atoms with E-state index in [0.717, 1.165) is 31.7 Å². The largest absolute Gasteiger partial charge is 0.325 e. The third-order valence-electron chi connectivity index (χ3n) is 4.07. The molecule has 0 spiro atoms. The van der Waals surface area contributed by atoms with Crippen LogP contribution in [0.1, 0.15) is 26.7 Å². The third kappa shape index (κ3) is 5.14. The summed E-state index contributed by atoms with van der Waals surface area (Å²) in [6, 6.07) is 10.2. The van der Waals surface area contributed by atoms with Crippen LogP contribution in [0.3, 0.4) is 0 Å². The maximum absolute atomic E-state index is 12.1. The fourth-order valence-corrected chi connectivity index (χ4v) is 2.93. The smallest absolute Gasteiger partial charge is 0.238 e. The lowest BCUT2D eigenvalue weighted by atomic mass is 9.93. The molecule has 1 fully saturated rings. The van der Waals surface area contributed by atoms with E-state index < -0.39 is 0 Å². The van der Waals surface area contributed by atoms with Gasteiger partial charge in [-0.25, -0.2) is 0 Å². The molecule has 1 heterocycles. The van der Waals surface area contributed by atoms with Gasteiger partial charge in [0.2, 0.25) is 5.91 Å². The number of benzene rings is 1. The Morgan fingerprint density at radius 3 is 2.76 bits per heavy atom. The van der Waals surface area contributed by atoms with Crippen molar-refractivity contribution in [2.45, 2.75) is 32.7 Å². The lowest BCUT2D eigenvalue weighted by Crippen LogP contribution is -2.50. The van der Waals surface area contributed by atoms with Crippen molar-refractivity contribution in [2.75, 3.05) is 31.5 Å². The van der Waals surface area contributed by atoms with Crippen LogP contribution in [0.5, 0.6) is 0 Å². The molecule has 2 rings (SSSR count). The predicted molar refractivity (Wildman–Crippen MR) is 87.4 cm³/mol. The number of hydrogen-bond donors (Lipinski definition) is 2. The number of likely N-dealkylation sites (tertiary alicyclic amines) is 1. The fraction of sp³-hybridized carbons (Fsp3) is 0.588. The van der Waals surface area contributed by atoms with E-state index in [4.69, 9.17) is 0 Å². The molecule has 1 aliphatic rings. The topological polar surface area (TPSA) is 44.4 Å². The summed E-state index contributed by atoms with van der Waals surface area (Å²) in [6.45, 7) is 8.02. The Bertz CT molecular complexity index is 435. The van der Waals surface area contributed by atoms with E-state index in [1.165, 1.54) is 6.42 Å². The Morgan fingerprint density at radius 1 is 1.33 bits per heavy atom. The third-order valence-corrected chi connectivity index (χ3v) is 4.07. The summed E-state index contributed by atoms with van der Waals surface area (Å²) in [5.41, 5.74) is 0.870. The van der Waals surface area contributed by atoms with Crippen molar-refractivity contribution in [1.82, 2.24) is 10.2 Å². The van der Waals surface area contributed by atoms with Crippen LogP contribution in [0.15, 0.2) is 30.3 Å². The number of nitrogens with one attached hydrogen (secondary N) is 2. The standard InChI is InChI=1S/C17H27N3O/c1-3-10-18-16-9-11-20(12-14(16)2)13-17(21)19-15-7-5-4-6-8-15/h4-8,14,16,18H,3,9-13H2,1-2H3,(H,19,21). The molecule has 2 N–H and O–H groups in total. The van der Waals surface area contributed by atoms with Crippen molar-refractivity contribution in [3.63, 3.8) is 0 Å². The van der Waals surface area contributed by atoms with Gasteiger partial charge in [0, 0.05) is 24.8 Å². The summed E-state index contributed by atoms with van der Waals surface area (Å²) in [7, 11) is 0. The van der Waals surface area contributed by atoms with Gasteiger partial charge in [-0.3, -0.25) is 9.69 Å². The summed E-state index contributed by atoms with van der Waals surface area (Å²) >= 11 is 0. The molecule has 1 aromatic carbocycles. The number of carbonyl (C=O) groups is 1. The Hall–Kier alpha value is -1.39. The highest BCUT2D eigenvalue weighted by molar-refractivity contribution is 5.92. The zero-order valence-corrected chi connectivity index (χ0v) is 13.1. The summed E-state index contributed by atoms with van der Waals surface area (Å²) in [5, 5.41) is 6.56. The van der Waals surface area contributed by atoms with Gasteiger partial charge >= 0.3 is 0 Å². The Kier molecular flexibility index (Phi) is 6.21. The highest BCUT2D eigenvalue weighted by atomic mass is 16.2. The molecule has 1 aromatic rings. The molecule has 1 aliphatic heterocycles. The maximum atomic E-state index is 12.1. The number of anilines is 1. The average Bonchev–Trinajstić information content (AvgIpc) is 2.47. The molecule has 4 heteroatoms. The van der Waals surface area contributed by atoms with Crippen LogP contribution in [0.25, 0.3) is 0 Å². The van der Waals surface area contributed by atoms with Gasteiger partial charge in [-0.1, -0.05) is 32.0 Å². The number of rotatable bonds is 6. The molecule has 0 bridgehead atoms. The molecular formula is C17H27N3O. The first-order chi connectivity index (χ1) is 10.2. The summed E-state index contributed by atoms with van der Waals surface area (Å²) in [4.78, 5) is 14.3. The van der Waals surface area contributed by atoms with E-state index >= 15 is 0 Å². The SMILES string of the molecule is CCCNC1CCN(CC(=O)Nc2ccccc2)CC1C. The van der Waals surface area contributed by atoms with Crippen molar-refractivity contribution in [1.29, 1.82) is 0 Å². The van der Waals surface area contributed by atoms with Crippen molar-refractivity contribution >= 4 is 11.6 Å². The van der Waals surface area contributed by atoms with Gasteiger partial charge in [0.15, 0.2) is 0 Å². The van der Waals surface area contributed by atoms with E-state index in [1.54, 1.807) is 0 Å². The van der Waals surface area contributed by atoms with Gasteiger partial charge in [-0.05, 0) is 37.4 Å². The second kappa shape index (κ2) is 8.15. The lowest BCUT2D eigenvalue weighted by molar-refractivity contribution is -0.117. The van der Waals surface area contributed by atoms with Gasteiger partial charge in [0.05, 0.1) is 6.54 Å². The van der Waals surface area contributed by atoms with E-state index in [2.05, 4.69) is 29.4 Å². The van der Waals surface area contributed by atoms with Gasteiger partial charge in [-0.15, -0.1) is 0 Å². The van der Waals surface area contributed by atoms with Crippen LogP contribution in [0.4, 0.5) is 5.69 Å². The van der Waals surface area contributed by atoms with E-state index in [0.29, 0.717) is 18.5 Å². The Morgan fingerprint density at radius 2 is 2.10 bits per heavy atom. The molecule has 0 aromatic heterocycles. The number of hydrogen-bond acceptors (Lipinski definition) is 3. The van der Waals surface area contributed by atoms with Gasteiger partial charge in [-0.2, -0.15) is 0 Å². The molecule has 2 unspecified atom stereocenters. The summed E-state index contributed by atoms with van der Waals surface area (Å²) < 4.78 is 0. The highest BCUT2D eigenvalue weighted by Crippen LogP contribution is 2.17. The molecule has 2 atom stereocenters. The molecule has 116 valence electrons. The van der Waals surface area contributed by atoms with Crippen LogP contribution >= 0.6 is 0 Å². The molecule has 4 nitrogen and oxygen atoms in total. The first-order valence-corrected chi connectivity index (χ1v) is 7.99. The van der Waals surface area contributed by atoms with Crippen molar-refractivity contribution < 1.29 is 4.79 Å². The number of para-hydroxylation sites is 1. The molecule has 1 saturated heterocycles. The molecule has 0 radical (unpaired) electrons. The second-order valence-electron chi connectivity index (χ2n) is 5.98. The number of carbonyl (C=O) groups excluding carboxylic acids is 1. The van der Waals surface area contributed by atoms with Crippen molar-refractivity contribution in [3.8, 4) is 0 Å². The van der Waals surface area contributed by atoms with E-state index in [-0.39, 0.29) is 5.91 Å². The molecule has 1 amide bonds. The lowest BCUT2D eigenvalue weighted by Gasteiger charge is -2.37. The second-order valence-corrected chi connectivity index (χ2v) is 5.98. The Balaban J connectivity index is 1.75. The van der Waals surface area contributed by atoms with Crippen LogP contribution in [0, 0.1) is 5.92 Å². The van der Waals surface area contributed by atoms with E-state index in [1.807, 2.05) is 30.3 Å². The van der Waals surface area contributed by atoms with Gasteiger partial charge < -0.3 is 10.6 Å². The predicted octanol–water partition coefficient (Wildman–Crippen LogP) is 2.34. The monoisotopic (exact) mass is 289 g/mol. The van der Waals surface area contributed by atoms with Gasteiger partial charge in [0.1, 0.15) is 0 Å². The average molecular weight is 289 g/mol. The highest BCUT2D eigenvalue weighted by Gasteiger charge is 2.26. The normalized spacial score (nSPS) is 23.0. The quantitative estimate of drug-likeness (QED) is 0.845. The maximum Gasteiger partial charge on any atom is 0.238 e. The first-order valence-electron chi connectivity index (χ1n) is 7.99. The number of amides is 1.